The van der Waals surface area contributed by atoms with Gasteiger partial charge in [0.05, 0.1) is 0 Å². The first-order valence-corrected chi connectivity index (χ1v) is 5.26. The number of amides is 1. The summed E-state index contributed by atoms with van der Waals surface area (Å²) in [6, 6.07) is 7.20. The van der Waals surface area contributed by atoms with Crippen molar-refractivity contribution in [3.8, 4) is 0 Å². The first kappa shape index (κ1) is 12.7. The number of carbonyl (C=O) groups is 1. The van der Waals surface area contributed by atoms with E-state index in [4.69, 9.17) is 10.0 Å². The van der Waals surface area contributed by atoms with E-state index < -0.39 is 7.12 Å². The van der Waals surface area contributed by atoms with E-state index >= 15 is 0 Å². The minimum Gasteiger partial charge on any atom is -0.427 e. The van der Waals surface area contributed by atoms with E-state index in [0.717, 1.165) is 11.3 Å². The smallest absolute Gasteiger partial charge is 0.427 e. The summed E-state index contributed by atoms with van der Waals surface area (Å²) >= 11 is 0. The Hall–Kier alpha value is -1.33. The van der Waals surface area contributed by atoms with E-state index in [-0.39, 0.29) is 12.2 Å². The largest absolute Gasteiger partial charge is 0.456 e. The van der Waals surface area contributed by atoms with Gasteiger partial charge in [-0.05, 0) is 17.7 Å². The lowest BCUT2D eigenvalue weighted by molar-refractivity contribution is -0.118. The predicted molar refractivity (Wildman–Crippen MR) is 64.0 cm³/mol. The van der Waals surface area contributed by atoms with Gasteiger partial charge in [0.25, 0.3) is 0 Å². The third-order valence-corrected chi connectivity index (χ3v) is 2.39. The molecule has 16 heavy (non-hydrogen) atoms. The molecule has 5 heteroatoms. The number of hydrogen-bond donors (Lipinski definition) is 2. The molecule has 0 saturated heterocycles. The van der Waals surface area contributed by atoms with Gasteiger partial charge >= 0.3 is 7.12 Å². The monoisotopic (exact) mass is 221 g/mol. The maximum Gasteiger partial charge on any atom is 0.456 e. The highest BCUT2D eigenvalue weighted by molar-refractivity contribution is 6.40. The minimum atomic E-state index is -1.36. The van der Waals surface area contributed by atoms with Crippen LogP contribution < -0.4 is 4.90 Å². The first-order chi connectivity index (χ1) is 7.54. The Morgan fingerprint density at radius 3 is 2.69 bits per heavy atom. The molecule has 4 nitrogen and oxygen atoms in total. The molecule has 0 saturated carbocycles. The summed E-state index contributed by atoms with van der Waals surface area (Å²) in [6.45, 7) is 1.81. The standard InChI is InChI=1S/C11H16BNO3/c1-3-11(14)13(2)10-6-4-5-9(7-10)8-12(15)16/h4-7,15-16H,3,8H2,1-2H3. The normalized spacial score (nSPS) is 10.0. The highest BCUT2D eigenvalue weighted by Crippen LogP contribution is 2.16. The fraction of sp³-hybridized carbons (Fsp3) is 0.364. The van der Waals surface area contributed by atoms with Crippen LogP contribution in [0, 0.1) is 0 Å². The topological polar surface area (TPSA) is 60.8 Å². The summed E-state index contributed by atoms with van der Waals surface area (Å²) in [6.07, 6.45) is 0.616. The number of carbonyl (C=O) groups excluding carboxylic acids is 1. The Kier molecular flexibility index (Phi) is 4.52. The highest BCUT2D eigenvalue weighted by atomic mass is 16.4. The maximum absolute atomic E-state index is 11.5. The molecule has 0 atom stereocenters. The molecule has 0 bridgehead atoms. The number of rotatable bonds is 4. The summed E-state index contributed by atoms with van der Waals surface area (Å²) in [7, 11) is 0.350. The van der Waals surface area contributed by atoms with Gasteiger partial charge in [0, 0.05) is 25.5 Å². The molecule has 0 fully saturated rings. The van der Waals surface area contributed by atoms with Gasteiger partial charge in [-0.15, -0.1) is 0 Å². The van der Waals surface area contributed by atoms with Crippen LogP contribution in [0.2, 0.25) is 0 Å². The summed E-state index contributed by atoms with van der Waals surface area (Å²) in [5.74, 6) is 0.0293. The van der Waals surface area contributed by atoms with Crippen molar-refractivity contribution >= 4 is 18.7 Å². The lowest BCUT2D eigenvalue weighted by atomic mass is 9.82. The van der Waals surface area contributed by atoms with Crippen molar-refractivity contribution in [2.24, 2.45) is 0 Å². The van der Waals surface area contributed by atoms with Gasteiger partial charge in [0.2, 0.25) is 5.91 Å². The van der Waals surface area contributed by atoms with Gasteiger partial charge in [-0.25, -0.2) is 0 Å². The molecule has 1 aromatic rings. The molecule has 0 aromatic heterocycles. The van der Waals surface area contributed by atoms with Gasteiger partial charge in [-0.2, -0.15) is 0 Å². The highest BCUT2D eigenvalue weighted by Gasteiger charge is 2.11. The summed E-state index contributed by atoms with van der Waals surface area (Å²) in [4.78, 5) is 13.0. The van der Waals surface area contributed by atoms with Gasteiger partial charge in [0.15, 0.2) is 0 Å². The molecule has 1 amide bonds. The zero-order valence-corrected chi connectivity index (χ0v) is 9.55. The number of anilines is 1. The summed E-state index contributed by atoms with van der Waals surface area (Å²) in [5, 5.41) is 17.7. The second kappa shape index (κ2) is 5.68. The van der Waals surface area contributed by atoms with Crippen molar-refractivity contribution < 1.29 is 14.8 Å². The fourth-order valence-corrected chi connectivity index (χ4v) is 1.48. The van der Waals surface area contributed by atoms with Crippen molar-refractivity contribution in [1.29, 1.82) is 0 Å². The van der Waals surface area contributed by atoms with Crippen molar-refractivity contribution in [1.82, 2.24) is 0 Å². The van der Waals surface area contributed by atoms with Gasteiger partial charge < -0.3 is 14.9 Å². The van der Waals surface area contributed by atoms with Crippen LogP contribution >= 0.6 is 0 Å². The quantitative estimate of drug-likeness (QED) is 0.732. The molecule has 1 rings (SSSR count). The summed E-state index contributed by atoms with van der Waals surface area (Å²) in [5.41, 5.74) is 1.56. The van der Waals surface area contributed by atoms with E-state index in [0.29, 0.717) is 6.42 Å². The Morgan fingerprint density at radius 1 is 1.44 bits per heavy atom. The van der Waals surface area contributed by atoms with Crippen LogP contribution in [0.3, 0.4) is 0 Å². The molecular weight excluding hydrogens is 205 g/mol. The van der Waals surface area contributed by atoms with Crippen LogP contribution in [0.1, 0.15) is 18.9 Å². The van der Waals surface area contributed by atoms with Gasteiger partial charge in [0.1, 0.15) is 0 Å². The molecule has 0 unspecified atom stereocenters. The van der Waals surface area contributed by atoms with Crippen molar-refractivity contribution in [2.45, 2.75) is 19.7 Å². The van der Waals surface area contributed by atoms with E-state index in [9.17, 15) is 4.79 Å². The molecule has 2 N–H and O–H groups in total. The molecule has 0 radical (unpaired) electrons. The van der Waals surface area contributed by atoms with E-state index in [1.807, 2.05) is 6.07 Å². The van der Waals surface area contributed by atoms with Crippen LogP contribution in [0.4, 0.5) is 5.69 Å². The Balaban J connectivity index is 2.85. The Bertz CT molecular complexity index is 368. The van der Waals surface area contributed by atoms with Crippen LogP contribution in [0.15, 0.2) is 24.3 Å². The van der Waals surface area contributed by atoms with Crippen LogP contribution in [0.25, 0.3) is 0 Å². The van der Waals surface area contributed by atoms with Crippen molar-refractivity contribution in [2.75, 3.05) is 11.9 Å². The first-order valence-electron chi connectivity index (χ1n) is 5.26. The second-order valence-electron chi connectivity index (χ2n) is 3.66. The maximum atomic E-state index is 11.5. The average Bonchev–Trinajstić information content (AvgIpc) is 2.26. The predicted octanol–water partition coefficient (Wildman–Crippen LogP) is 0.614. The zero-order chi connectivity index (χ0) is 12.1. The van der Waals surface area contributed by atoms with Crippen molar-refractivity contribution in [3.05, 3.63) is 29.8 Å². The third kappa shape index (κ3) is 3.36. The molecule has 86 valence electrons. The second-order valence-corrected chi connectivity index (χ2v) is 3.66. The van der Waals surface area contributed by atoms with E-state index in [1.165, 1.54) is 0 Å². The lowest BCUT2D eigenvalue weighted by Crippen LogP contribution is -2.25. The Morgan fingerprint density at radius 2 is 2.12 bits per heavy atom. The van der Waals surface area contributed by atoms with Crippen LogP contribution in [-0.4, -0.2) is 30.1 Å². The molecule has 0 aliphatic heterocycles. The van der Waals surface area contributed by atoms with Crippen LogP contribution in [-0.2, 0) is 11.1 Å². The lowest BCUT2D eigenvalue weighted by Gasteiger charge is -2.17. The molecule has 0 aliphatic rings. The SMILES string of the molecule is CCC(=O)N(C)c1cccc(CB(O)O)c1. The number of benzene rings is 1. The zero-order valence-electron chi connectivity index (χ0n) is 9.55. The van der Waals surface area contributed by atoms with Crippen molar-refractivity contribution in [3.63, 3.8) is 0 Å². The average molecular weight is 221 g/mol. The van der Waals surface area contributed by atoms with E-state index in [1.54, 1.807) is 37.1 Å². The molecule has 0 spiro atoms. The van der Waals surface area contributed by atoms with Gasteiger partial charge in [-0.3, -0.25) is 4.79 Å². The third-order valence-electron chi connectivity index (χ3n) is 2.39. The molecular formula is C11H16BNO3. The molecule has 1 aromatic carbocycles. The van der Waals surface area contributed by atoms with Gasteiger partial charge in [-0.1, -0.05) is 19.1 Å². The molecule has 0 heterocycles. The Labute approximate surface area is 95.7 Å². The molecule has 0 aliphatic carbocycles. The summed E-state index contributed by atoms with van der Waals surface area (Å²) < 4.78 is 0. The van der Waals surface area contributed by atoms with Crippen LogP contribution in [0.5, 0.6) is 0 Å². The number of hydrogen-bond acceptors (Lipinski definition) is 3. The number of nitrogens with zero attached hydrogens (tertiary/aromatic N) is 1. The fourth-order valence-electron chi connectivity index (χ4n) is 1.48. The minimum absolute atomic E-state index is 0.0293. The van der Waals surface area contributed by atoms with E-state index in [2.05, 4.69) is 0 Å².